The Morgan fingerprint density at radius 3 is 3.00 bits per heavy atom. The molecule has 78 valence electrons. The lowest BCUT2D eigenvalue weighted by molar-refractivity contribution is -0.142. The smallest absolute Gasteiger partial charge is 0.323 e. The number of hydrogen-bond donors (Lipinski definition) is 2. The zero-order valence-corrected chi connectivity index (χ0v) is 8.41. The van der Waals surface area contributed by atoms with Crippen LogP contribution in [-0.2, 0) is 22.4 Å². The number of H-pyrrole nitrogens is 1. The van der Waals surface area contributed by atoms with Crippen LogP contribution in [0.1, 0.15) is 18.4 Å². The van der Waals surface area contributed by atoms with Gasteiger partial charge in [-0.1, -0.05) is 6.92 Å². The van der Waals surface area contributed by atoms with E-state index in [1.807, 2.05) is 6.92 Å². The molecule has 1 heterocycles. The second kappa shape index (κ2) is 4.76. The molecule has 1 rings (SSSR count). The maximum Gasteiger partial charge on any atom is 0.323 e. The molecule has 0 aliphatic rings. The average molecular weight is 197 g/mol. The molecule has 1 aromatic heterocycles. The van der Waals surface area contributed by atoms with E-state index in [0.717, 1.165) is 17.9 Å². The highest BCUT2D eigenvalue weighted by Gasteiger charge is 2.15. The quantitative estimate of drug-likeness (QED) is 0.666. The fourth-order valence-corrected chi connectivity index (χ4v) is 1.16. The van der Waals surface area contributed by atoms with E-state index < -0.39 is 12.0 Å². The minimum atomic E-state index is -0.620. The highest BCUT2D eigenvalue weighted by Crippen LogP contribution is 2.01. The molecule has 1 unspecified atom stereocenters. The van der Waals surface area contributed by atoms with Gasteiger partial charge in [-0.2, -0.15) is 0 Å². The van der Waals surface area contributed by atoms with Gasteiger partial charge in [0.25, 0.3) is 0 Å². The van der Waals surface area contributed by atoms with E-state index in [1.54, 1.807) is 6.20 Å². The summed E-state index contributed by atoms with van der Waals surface area (Å²) in [6.07, 6.45) is 2.97. The second-order valence-corrected chi connectivity index (χ2v) is 3.04. The van der Waals surface area contributed by atoms with Crippen LogP contribution in [-0.4, -0.2) is 29.1 Å². The fourth-order valence-electron chi connectivity index (χ4n) is 1.16. The van der Waals surface area contributed by atoms with Crippen LogP contribution in [0.3, 0.4) is 0 Å². The number of aromatic amines is 1. The van der Waals surface area contributed by atoms with Crippen molar-refractivity contribution in [1.82, 2.24) is 9.97 Å². The second-order valence-electron chi connectivity index (χ2n) is 3.04. The van der Waals surface area contributed by atoms with E-state index in [9.17, 15) is 4.79 Å². The van der Waals surface area contributed by atoms with Crippen LogP contribution < -0.4 is 5.73 Å². The highest BCUT2D eigenvalue weighted by molar-refractivity contribution is 5.75. The first kappa shape index (κ1) is 10.7. The SMILES string of the molecule is CCc1ncc(CC(N)C(=O)OC)[nH]1. The Morgan fingerprint density at radius 2 is 2.50 bits per heavy atom. The number of esters is 1. The van der Waals surface area contributed by atoms with Crippen LogP contribution in [0, 0.1) is 0 Å². The Labute approximate surface area is 82.7 Å². The first-order chi connectivity index (χ1) is 6.67. The molecule has 0 fully saturated rings. The van der Waals surface area contributed by atoms with Crippen LogP contribution in [0.2, 0.25) is 0 Å². The van der Waals surface area contributed by atoms with Crippen LogP contribution in [0.5, 0.6) is 0 Å². The number of hydrogen-bond acceptors (Lipinski definition) is 4. The number of carbonyl (C=O) groups excluding carboxylic acids is 1. The predicted molar refractivity (Wildman–Crippen MR) is 51.7 cm³/mol. The van der Waals surface area contributed by atoms with Crippen molar-refractivity contribution < 1.29 is 9.53 Å². The molecule has 0 aliphatic carbocycles. The van der Waals surface area contributed by atoms with E-state index in [4.69, 9.17) is 5.73 Å². The lowest BCUT2D eigenvalue weighted by Crippen LogP contribution is -2.33. The largest absolute Gasteiger partial charge is 0.468 e. The van der Waals surface area contributed by atoms with Gasteiger partial charge in [0.15, 0.2) is 0 Å². The first-order valence-corrected chi connectivity index (χ1v) is 4.53. The van der Waals surface area contributed by atoms with Gasteiger partial charge in [0.2, 0.25) is 0 Å². The summed E-state index contributed by atoms with van der Waals surface area (Å²) in [7, 11) is 1.33. The summed E-state index contributed by atoms with van der Waals surface area (Å²) in [5, 5.41) is 0. The molecule has 0 bridgehead atoms. The number of methoxy groups -OCH3 is 1. The van der Waals surface area contributed by atoms with Gasteiger partial charge in [-0.3, -0.25) is 4.79 Å². The van der Waals surface area contributed by atoms with Gasteiger partial charge in [0.05, 0.1) is 7.11 Å². The molecular formula is C9H15N3O2. The molecule has 0 saturated carbocycles. The van der Waals surface area contributed by atoms with Crippen molar-refractivity contribution in [2.24, 2.45) is 5.73 Å². The summed E-state index contributed by atoms with van der Waals surface area (Å²) in [6, 6.07) is -0.620. The van der Waals surface area contributed by atoms with Crippen LogP contribution >= 0.6 is 0 Å². The van der Waals surface area contributed by atoms with Gasteiger partial charge in [0, 0.05) is 24.7 Å². The van der Waals surface area contributed by atoms with Gasteiger partial charge < -0.3 is 15.5 Å². The fraction of sp³-hybridized carbons (Fsp3) is 0.556. The van der Waals surface area contributed by atoms with Crippen LogP contribution in [0.4, 0.5) is 0 Å². The Balaban J connectivity index is 2.55. The Hall–Kier alpha value is -1.36. The topological polar surface area (TPSA) is 81.0 Å². The third-order valence-electron chi connectivity index (χ3n) is 1.96. The zero-order chi connectivity index (χ0) is 10.6. The Kier molecular flexibility index (Phi) is 3.64. The molecule has 0 radical (unpaired) electrons. The molecular weight excluding hydrogens is 182 g/mol. The standard InChI is InChI=1S/C9H15N3O2/c1-3-8-11-5-6(12-8)4-7(10)9(13)14-2/h5,7H,3-4,10H2,1-2H3,(H,11,12). The van der Waals surface area contributed by atoms with E-state index >= 15 is 0 Å². The van der Waals surface area contributed by atoms with Gasteiger partial charge in [-0.25, -0.2) is 4.98 Å². The lowest BCUT2D eigenvalue weighted by atomic mass is 10.2. The summed E-state index contributed by atoms with van der Waals surface area (Å²) in [5.41, 5.74) is 6.45. The van der Waals surface area contributed by atoms with Gasteiger partial charge in [-0.15, -0.1) is 0 Å². The van der Waals surface area contributed by atoms with Crippen molar-refractivity contribution in [3.8, 4) is 0 Å². The summed E-state index contributed by atoms with van der Waals surface area (Å²) in [5.74, 6) is 0.495. The van der Waals surface area contributed by atoms with Crippen molar-refractivity contribution >= 4 is 5.97 Å². The first-order valence-electron chi connectivity index (χ1n) is 4.53. The molecule has 1 aromatic rings. The van der Waals surface area contributed by atoms with Crippen molar-refractivity contribution in [3.63, 3.8) is 0 Å². The third-order valence-corrected chi connectivity index (χ3v) is 1.96. The highest BCUT2D eigenvalue weighted by atomic mass is 16.5. The number of imidazole rings is 1. The van der Waals surface area contributed by atoms with Crippen molar-refractivity contribution in [3.05, 3.63) is 17.7 Å². The molecule has 14 heavy (non-hydrogen) atoms. The number of nitrogens with one attached hydrogen (secondary N) is 1. The van der Waals surface area contributed by atoms with E-state index in [0.29, 0.717) is 6.42 Å². The number of ether oxygens (including phenoxy) is 1. The Bertz CT molecular complexity index is 309. The summed E-state index contributed by atoms with van der Waals surface area (Å²) < 4.78 is 4.52. The number of aryl methyl sites for hydroxylation is 1. The number of rotatable bonds is 4. The number of nitrogens with zero attached hydrogens (tertiary/aromatic N) is 1. The number of aromatic nitrogens is 2. The van der Waals surface area contributed by atoms with Crippen molar-refractivity contribution in [1.29, 1.82) is 0 Å². The monoisotopic (exact) mass is 197 g/mol. The minimum absolute atomic E-state index is 0.405. The molecule has 5 heteroatoms. The average Bonchev–Trinajstić information content (AvgIpc) is 2.64. The third kappa shape index (κ3) is 2.56. The summed E-state index contributed by atoms with van der Waals surface area (Å²) in [6.45, 7) is 2.00. The molecule has 5 nitrogen and oxygen atoms in total. The molecule has 0 amide bonds. The van der Waals surface area contributed by atoms with Gasteiger partial charge in [0.1, 0.15) is 11.9 Å². The number of carbonyl (C=O) groups is 1. The van der Waals surface area contributed by atoms with Gasteiger partial charge in [-0.05, 0) is 0 Å². The maximum atomic E-state index is 11.0. The zero-order valence-electron chi connectivity index (χ0n) is 8.41. The minimum Gasteiger partial charge on any atom is -0.468 e. The molecule has 0 spiro atoms. The molecule has 0 aromatic carbocycles. The Morgan fingerprint density at radius 1 is 1.79 bits per heavy atom. The number of nitrogens with two attached hydrogens (primary N) is 1. The molecule has 0 aliphatic heterocycles. The van der Waals surface area contributed by atoms with E-state index in [-0.39, 0.29) is 0 Å². The predicted octanol–water partition coefficient (Wildman–Crippen LogP) is 0.0149. The molecule has 0 saturated heterocycles. The van der Waals surface area contributed by atoms with Crippen LogP contribution in [0.25, 0.3) is 0 Å². The molecule has 3 N–H and O–H groups in total. The summed E-state index contributed by atoms with van der Waals surface area (Å²) in [4.78, 5) is 18.2. The maximum absolute atomic E-state index is 11.0. The van der Waals surface area contributed by atoms with E-state index in [1.165, 1.54) is 7.11 Å². The summed E-state index contributed by atoms with van der Waals surface area (Å²) >= 11 is 0. The lowest BCUT2D eigenvalue weighted by Gasteiger charge is -2.06. The normalized spacial score (nSPS) is 12.5. The van der Waals surface area contributed by atoms with Gasteiger partial charge >= 0.3 is 5.97 Å². The van der Waals surface area contributed by atoms with Crippen molar-refractivity contribution in [2.75, 3.05) is 7.11 Å². The van der Waals surface area contributed by atoms with Crippen molar-refractivity contribution in [2.45, 2.75) is 25.8 Å². The van der Waals surface area contributed by atoms with E-state index in [2.05, 4.69) is 14.7 Å². The van der Waals surface area contributed by atoms with Crippen LogP contribution in [0.15, 0.2) is 6.20 Å². The molecule has 1 atom stereocenters.